The number of halogens is 2. The van der Waals surface area contributed by atoms with Crippen molar-refractivity contribution in [3.63, 3.8) is 0 Å². The monoisotopic (exact) mass is 361 g/mol. The molecule has 8 heteroatoms. The van der Waals surface area contributed by atoms with Crippen molar-refractivity contribution >= 4 is 33.2 Å². The highest BCUT2D eigenvalue weighted by Gasteiger charge is 2.22. The maximum Gasteiger partial charge on any atom is 0.245 e. The Kier molecular flexibility index (Phi) is 5.18. The molecule has 22 heavy (non-hydrogen) atoms. The van der Waals surface area contributed by atoms with Crippen molar-refractivity contribution < 1.29 is 18.6 Å². The van der Waals surface area contributed by atoms with Crippen molar-refractivity contribution in [2.75, 3.05) is 6.54 Å². The summed E-state index contributed by atoms with van der Waals surface area (Å²) < 4.78 is 26.7. The summed E-state index contributed by atoms with van der Waals surface area (Å²) in [6.45, 7) is 0.0400. The van der Waals surface area contributed by atoms with Gasteiger partial charge in [-0.3, -0.25) is 0 Å². The van der Waals surface area contributed by atoms with E-state index in [1.54, 1.807) is 18.2 Å². The van der Waals surface area contributed by atoms with Crippen molar-refractivity contribution in [2.45, 2.75) is 11.3 Å². The molecule has 0 bridgehead atoms. The summed E-state index contributed by atoms with van der Waals surface area (Å²) in [4.78, 5) is -0.421. The van der Waals surface area contributed by atoms with Crippen LogP contribution in [0.3, 0.4) is 0 Å². The van der Waals surface area contributed by atoms with Crippen LogP contribution in [0.15, 0.2) is 41.3 Å². The number of hydrogen-bond acceptors (Lipinski definition) is 4. The van der Waals surface area contributed by atoms with E-state index in [1.165, 1.54) is 12.1 Å². The van der Waals surface area contributed by atoms with E-state index in [0.29, 0.717) is 5.56 Å². The summed E-state index contributed by atoms with van der Waals surface area (Å²) in [7, 11) is -3.99. The topological polar surface area (TPSA) is 86.6 Å². The molecule has 0 aliphatic heterocycles. The number of para-hydroxylation sites is 1. The van der Waals surface area contributed by atoms with E-state index in [4.69, 9.17) is 23.2 Å². The van der Waals surface area contributed by atoms with Gasteiger partial charge >= 0.3 is 0 Å². The van der Waals surface area contributed by atoms with Crippen LogP contribution in [0.2, 0.25) is 10.0 Å². The highest BCUT2D eigenvalue weighted by Crippen LogP contribution is 2.33. The van der Waals surface area contributed by atoms with Gasteiger partial charge in [0.15, 0.2) is 0 Å². The van der Waals surface area contributed by atoms with Crippen LogP contribution in [0.1, 0.15) is 5.56 Å². The Morgan fingerprint density at radius 3 is 2.36 bits per heavy atom. The number of aromatic hydroxyl groups is 2. The fourth-order valence-corrected chi connectivity index (χ4v) is 3.88. The molecule has 0 atom stereocenters. The molecular formula is C14H13Cl2NO4S. The second kappa shape index (κ2) is 6.75. The molecule has 5 nitrogen and oxygen atoms in total. The fraction of sp³-hybridized carbons (Fsp3) is 0.143. The van der Waals surface area contributed by atoms with Gasteiger partial charge in [-0.05, 0) is 24.1 Å². The summed E-state index contributed by atoms with van der Waals surface area (Å²) in [5.74, 6) is -0.429. The summed E-state index contributed by atoms with van der Waals surface area (Å²) in [6, 6.07) is 8.97. The normalized spacial score (nSPS) is 11.5. The Labute approximate surface area is 138 Å². The molecule has 2 rings (SSSR count). The number of rotatable bonds is 5. The maximum atomic E-state index is 12.2. The minimum atomic E-state index is -3.99. The molecule has 0 aliphatic rings. The van der Waals surface area contributed by atoms with Crippen molar-refractivity contribution in [1.82, 2.24) is 4.72 Å². The molecule has 0 amide bonds. The first-order valence-electron chi connectivity index (χ1n) is 6.26. The largest absolute Gasteiger partial charge is 0.508 e. The Balaban J connectivity index is 2.14. The van der Waals surface area contributed by atoms with Gasteiger partial charge in [0.25, 0.3) is 0 Å². The van der Waals surface area contributed by atoms with Crippen LogP contribution in [0, 0.1) is 0 Å². The smallest absolute Gasteiger partial charge is 0.245 e. The Morgan fingerprint density at radius 1 is 1.05 bits per heavy atom. The van der Waals surface area contributed by atoms with Crippen LogP contribution in [0.25, 0.3) is 0 Å². The van der Waals surface area contributed by atoms with Gasteiger partial charge in [-0.15, -0.1) is 0 Å². The van der Waals surface area contributed by atoms with Gasteiger partial charge in [-0.1, -0.05) is 41.4 Å². The van der Waals surface area contributed by atoms with Gasteiger partial charge in [0.1, 0.15) is 16.4 Å². The van der Waals surface area contributed by atoms with Crippen molar-refractivity contribution in [1.29, 1.82) is 0 Å². The number of hydrogen-bond donors (Lipinski definition) is 3. The number of benzene rings is 2. The van der Waals surface area contributed by atoms with Gasteiger partial charge in [0.05, 0.1) is 5.02 Å². The molecule has 3 N–H and O–H groups in total. The van der Waals surface area contributed by atoms with E-state index in [1.807, 2.05) is 0 Å². The zero-order chi connectivity index (χ0) is 16.3. The lowest BCUT2D eigenvalue weighted by molar-refractivity contribution is 0.457. The van der Waals surface area contributed by atoms with Crippen LogP contribution in [0.5, 0.6) is 11.5 Å². The third kappa shape index (κ3) is 3.84. The van der Waals surface area contributed by atoms with Gasteiger partial charge in [0.2, 0.25) is 10.0 Å². The van der Waals surface area contributed by atoms with E-state index in [0.717, 1.165) is 6.07 Å². The Bertz CT molecular complexity index is 770. The third-order valence-electron chi connectivity index (χ3n) is 2.94. The highest BCUT2D eigenvalue weighted by atomic mass is 35.5. The van der Waals surface area contributed by atoms with Crippen molar-refractivity contribution in [2.24, 2.45) is 0 Å². The first-order valence-corrected chi connectivity index (χ1v) is 8.50. The highest BCUT2D eigenvalue weighted by molar-refractivity contribution is 7.89. The molecule has 0 saturated carbocycles. The summed E-state index contributed by atoms with van der Waals surface area (Å²) in [5.41, 5.74) is 0.608. The van der Waals surface area contributed by atoms with E-state index in [2.05, 4.69) is 4.72 Å². The average molecular weight is 362 g/mol. The average Bonchev–Trinajstić information content (AvgIpc) is 2.39. The zero-order valence-electron chi connectivity index (χ0n) is 11.3. The first kappa shape index (κ1) is 16.9. The first-order chi connectivity index (χ1) is 10.3. The minimum Gasteiger partial charge on any atom is -0.508 e. The van der Waals surface area contributed by atoms with Gasteiger partial charge in [-0.25, -0.2) is 13.1 Å². The third-order valence-corrected chi connectivity index (χ3v) is 5.11. The molecule has 0 spiro atoms. The molecule has 0 aliphatic carbocycles. The molecule has 0 radical (unpaired) electrons. The number of phenols is 2. The van der Waals surface area contributed by atoms with Crippen molar-refractivity contribution in [3.05, 3.63) is 52.0 Å². The van der Waals surface area contributed by atoms with E-state index in [-0.39, 0.29) is 28.8 Å². The Morgan fingerprint density at radius 2 is 1.73 bits per heavy atom. The molecule has 0 unspecified atom stereocenters. The van der Waals surface area contributed by atoms with Gasteiger partial charge in [0, 0.05) is 17.6 Å². The number of nitrogens with one attached hydrogen (secondary N) is 1. The standard InChI is InChI=1S/C14H13Cl2NO4S/c15-10-7-11(16)14(13(19)8-10)22(20,21)17-6-5-9-3-1-2-4-12(9)18/h1-4,7-8,17-19H,5-6H2. The van der Waals surface area contributed by atoms with Crippen LogP contribution in [0.4, 0.5) is 0 Å². The number of sulfonamides is 1. The van der Waals surface area contributed by atoms with Crippen LogP contribution in [-0.4, -0.2) is 25.2 Å². The molecule has 2 aromatic carbocycles. The number of phenolic OH excluding ortho intramolecular Hbond substituents is 2. The molecule has 2 aromatic rings. The molecule has 0 heterocycles. The predicted molar refractivity (Wildman–Crippen MR) is 85.1 cm³/mol. The molecule has 0 saturated heterocycles. The maximum absolute atomic E-state index is 12.2. The van der Waals surface area contributed by atoms with Crippen LogP contribution in [-0.2, 0) is 16.4 Å². The zero-order valence-corrected chi connectivity index (χ0v) is 13.6. The molecule has 0 fully saturated rings. The fourth-order valence-electron chi connectivity index (χ4n) is 1.93. The summed E-state index contributed by atoms with van der Waals surface area (Å²) >= 11 is 11.5. The van der Waals surface area contributed by atoms with Crippen LogP contribution >= 0.6 is 23.2 Å². The van der Waals surface area contributed by atoms with Gasteiger partial charge < -0.3 is 10.2 Å². The summed E-state index contributed by atoms with van der Waals surface area (Å²) in [5, 5.41) is 19.3. The lowest BCUT2D eigenvalue weighted by Crippen LogP contribution is -2.26. The SMILES string of the molecule is O=S(=O)(NCCc1ccccc1O)c1c(O)cc(Cl)cc1Cl. The van der Waals surface area contributed by atoms with E-state index >= 15 is 0 Å². The van der Waals surface area contributed by atoms with Gasteiger partial charge in [-0.2, -0.15) is 0 Å². The minimum absolute atomic E-state index is 0.0400. The quantitative estimate of drug-likeness (QED) is 0.763. The predicted octanol–water partition coefficient (Wildman–Crippen LogP) is 2.93. The van der Waals surface area contributed by atoms with Crippen LogP contribution < -0.4 is 4.72 Å². The van der Waals surface area contributed by atoms with E-state index < -0.39 is 20.7 Å². The molecular weight excluding hydrogens is 349 g/mol. The Hall–Kier alpha value is -1.47. The lowest BCUT2D eigenvalue weighted by Gasteiger charge is -2.11. The van der Waals surface area contributed by atoms with E-state index in [9.17, 15) is 18.6 Å². The molecule has 0 aromatic heterocycles. The summed E-state index contributed by atoms with van der Waals surface area (Å²) in [6.07, 6.45) is 0.290. The second-order valence-corrected chi connectivity index (χ2v) is 7.06. The second-order valence-electron chi connectivity index (χ2n) is 4.51. The molecule has 118 valence electrons. The lowest BCUT2D eigenvalue weighted by atomic mass is 10.1. The van der Waals surface area contributed by atoms with Crippen molar-refractivity contribution in [3.8, 4) is 11.5 Å².